The summed E-state index contributed by atoms with van der Waals surface area (Å²) in [6, 6.07) is 18.4. The topological polar surface area (TPSA) is 116 Å². The van der Waals surface area contributed by atoms with Gasteiger partial charge >= 0.3 is 0 Å². The highest BCUT2D eigenvalue weighted by molar-refractivity contribution is 5.69. The van der Waals surface area contributed by atoms with E-state index in [1.54, 1.807) is 42.2 Å². The lowest BCUT2D eigenvalue weighted by Crippen LogP contribution is -2.02. The van der Waals surface area contributed by atoms with Crippen LogP contribution in [0.2, 0.25) is 0 Å². The first-order valence-electron chi connectivity index (χ1n) is 8.88. The third kappa shape index (κ3) is 3.81. The van der Waals surface area contributed by atoms with E-state index in [0.717, 1.165) is 5.69 Å². The summed E-state index contributed by atoms with van der Waals surface area (Å²) in [5, 5.41) is 22.1. The maximum atomic E-state index is 9.29. The molecule has 0 amide bonds. The molecule has 4 rings (SSSR count). The molecule has 29 heavy (non-hydrogen) atoms. The van der Waals surface area contributed by atoms with Crippen LogP contribution in [0, 0.1) is 11.3 Å². The molecule has 3 aromatic heterocycles. The first-order valence-corrected chi connectivity index (χ1v) is 8.88. The van der Waals surface area contributed by atoms with Gasteiger partial charge in [-0.1, -0.05) is 6.07 Å². The summed E-state index contributed by atoms with van der Waals surface area (Å²) in [6.45, 7) is 0.315. The molecule has 0 aliphatic carbocycles. The third-order valence-corrected chi connectivity index (χ3v) is 4.29. The monoisotopic (exact) mass is 383 g/mol. The second-order valence-electron chi connectivity index (χ2n) is 6.25. The number of rotatable bonds is 5. The van der Waals surface area contributed by atoms with Gasteiger partial charge in [-0.3, -0.25) is 4.98 Å². The van der Waals surface area contributed by atoms with Crippen LogP contribution in [0.4, 0.5) is 0 Å². The summed E-state index contributed by atoms with van der Waals surface area (Å²) < 4.78 is 7.75. The molecule has 0 fully saturated rings. The zero-order chi connectivity index (χ0) is 20.2. The van der Waals surface area contributed by atoms with Gasteiger partial charge in [0, 0.05) is 31.4 Å². The summed E-state index contributed by atoms with van der Waals surface area (Å²) in [6.07, 6.45) is 1.71. The first-order chi connectivity index (χ1) is 14.2. The van der Waals surface area contributed by atoms with E-state index < -0.39 is 0 Å². The van der Waals surface area contributed by atoms with Crippen molar-refractivity contribution in [1.82, 2.24) is 25.0 Å². The van der Waals surface area contributed by atoms with Crippen molar-refractivity contribution >= 4 is 0 Å². The Labute approximate surface area is 167 Å². The van der Waals surface area contributed by atoms with Crippen molar-refractivity contribution in [2.24, 2.45) is 12.8 Å². The van der Waals surface area contributed by atoms with Crippen LogP contribution in [0.3, 0.4) is 0 Å². The second-order valence-corrected chi connectivity index (χ2v) is 6.25. The number of benzene rings is 1. The molecular formula is C21H17N7O. The Kier molecular flexibility index (Phi) is 4.97. The smallest absolute Gasteiger partial charge is 0.218 e. The number of ether oxygens (including phenoxy) is 1. The Morgan fingerprint density at radius 2 is 1.93 bits per heavy atom. The van der Waals surface area contributed by atoms with Crippen LogP contribution in [-0.4, -0.2) is 25.0 Å². The van der Waals surface area contributed by atoms with E-state index >= 15 is 0 Å². The highest BCUT2D eigenvalue weighted by atomic mass is 16.5. The van der Waals surface area contributed by atoms with Crippen LogP contribution in [-0.2, 0) is 13.6 Å². The molecular weight excluding hydrogens is 366 g/mol. The molecule has 0 aliphatic rings. The minimum Gasteiger partial charge on any atom is -0.439 e. The van der Waals surface area contributed by atoms with Crippen molar-refractivity contribution in [3.05, 3.63) is 72.1 Å². The van der Waals surface area contributed by atoms with E-state index in [1.807, 2.05) is 30.3 Å². The lowest BCUT2D eigenvalue weighted by atomic mass is 10.1. The number of hydrogen-bond donors (Lipinski definition) is 1. The van der Waals surface area contributed by atoms with Gasteiger partial charge in [0.25, 0.3) is 0 Å². The Morgan fingerprint density at radius 1 is 1.03 bits per heavy atom. The highest BCUT2D eigenvalue weighted by Crippen LogP contribution is 2.34. The quantitative estimate of drug-likeness (QED) is 0.563. The largest absolute Gasteiger partial charge is 0.439 e. The molecule has 3 heterocycles. The SMILES string of the molecule is Cn1nc(-c2ccccn2)cc1Oc1cc(C#N)ccc1-c1ccc(CN)nn1. The molecule has 0 saturated carbocycles. The minimum atomic E-state index is 0.315. The Hall–Kier alpha value is -4.09. The van der Waals surface area contributed by atoms with Crippen LogP contribution in [0.1, 0.15) is 11.3 Å². The van der Waals surface area contributed by atoms with Crippen LogP contribution in [0.15, 0.2) is 60.8 Å². The number of pyridine rings is 1. The molecule has 0 aliphatic heterocycles. The number of nitrogens with zero attached hydrogens (tertiary/aromatic N) is 6. The normalized spacial score (nSPS) is 10.5. The maximum absolute atomic E-state index is 9.29. The molecule has 0 spiro atoms. The van der Waals surface area contributed by atoms with E-state index in [-0.39, 0.29) is 0 Å². The number of aromatic nitrogens is 5. The highest BCUT2D eigenvalue weighted by Gasteiger charge is 2.15. The summed E-state index contributed by atoms with van der Waals surface area (Å²) >= 11 is 0. The Morgan fingerprint density at radius 3 is 2.62 bits per heavy atom. The summed E-state index contributed by atoms with van der Waals surface area (Å²) in [5.74, 6) is 0.989. The number of nitriles is 1. The van der Waals surface area contributed by atoms with E-state index in [4.69, 9.17) is 10.5 Å². The molecule has 1 aromatic carbocycles. The summed E-state index contributed by atoms with van der Waals surface area (Å²) in [7, 11) is 1.78. The van der Waals surface area contributed by atoms with E-state index in [2.05, 4.69) is 26.3 Å². The molecule has 0 unspecified atom stereocenters. The minimum absolute atomic E-state index is 0.315. The van der Waals surface area contributed by atoms with E-state index in [0.29, 0.717) is 46.4 Å². The van der Waals surface area contributed by atoms with Crippen molar-refractivity contribution in [2.45, 2.75) is 6.54 Å². The van der Waals surface area contributed by atoms with Crippen LogP contribution >= 0.6 is 0 Å². The average Bonchev–Trinajstić information content (AvgIpc) is 3.14. The molecule has 8 heteroatoms. The predicted molar refractivity (Wildman–Crippen MR) is 107 cm³/mol. The second kappa shape index (κ2) is 7.88. The van der Waals surface area contributed by atoms with Crippen molar-refractivity contribution in [1.29, 1.82) is 5.26 Å². The van der Waals surface area contributed by atoms with E-state index in [9.17, 15) is 5.26 Å². The summed E-state index contributed by atoms with van der Waals surface area (Å²) in [5.41, 5.74) is 9.52. The van der Waals surface area contributed by atoms with Crippen molar-refractivity contribution < 1.29 is 4.74 Å². The molecule has 0 atom stereocenters. The van der Waals surface area contributed by atoms with Crippen LogP contribution < -0.4 is 10.5 Å². The molecule has 0 saturated heterocycles. The molecule has 8 nitrogen and oxygen atoms in total. The summed E-state index contributed by atoms with van der Waals surface area (Å²) in [4.78, 5) is 4.32. The lowest BCUT2D eigenvalue weighted by Gasteiger charge is -2.11. The van der Waals surface area contributed by atoms with Gasteiger partial charge in [-0.2, -0.15) is 20.6 Å². The predicted octanol–water partition coefficient (Wildman–Crippen LogP) is 3.06. The van der Waals surface area contributed by atoms with Gasteiger partial charge < -0.3 is 10.5 Å². The standard InChI is InChI=1S/C21H17N7O/c1-28-21(11-19(27-28)18-4-2-3-9-24-18)29-20-10-14(12-22)5-7-16(20)17-8-6-15(13-23)25-26-17/h2-11H,13,23H2,1H3. The zero-order valence-corrected chi connectivity index (χ0v) is 15.6. The Balaban J connectivity index is 1.73. The first kappa shape index (κ1) is 18.3. The van der Waals surface area contributed by atoms with Crippen molar-refractivity contribution in [2.75, 3.05) is 0 Å². The van der Waals surface area contributed by atoms with Gasteiger partial charge in [-0.05, 0) is 42.5 Å². The van der Waals surface area contributed by atoms with Gasteiger partial charge in [0.05, 0.1) is 28.7 Å². The molecule has 142 valence electrons. The van der Waals surface area contributed by atoms with Crippen molar-refractivity contribution in [3.63, 3.8) is 0 Å². The molecule has 2 N–H and O–H groups in total. The van der Waals surface area contributed by atoms with Gasteiger partial charge in [-0.15, -0.1) is 0 Å². The molecule has 4 aromatic rings. The number of aryl methyl sites for hydroxylation is 1. The van der Waals surface area contributed by atoms with Crippen LogP contribution in [0.25, 0.3) is 22.6 Å². The Bertz CT molecular complexity index is 1180. The maximum Gasteiger partial charge on any atom is 0.218 e. The lowest BCUT2D eigenvalue weighted by molar-refractivity contribution is 0.432. The van der Waals surface area contributed by atoms with E-state index in [1.165, 1.54) is 0 Å². The van der Waals surface area contributed by atoms with Gasteiger partial charge in [0.2, 0.25) is 5.88 Å². The fourth-order valence-corrected chi connectivity index (χ4v) is 2.80. The number of nitrogens with two attached hydrogens (primary N) is 1. The molecule has 0 bridgehead atoms. The average molecular weight is 383 g/mol. The molecule has 0 radical (unpaired) electrons. The third-order valence-electron chi connectivity index (χ3n) is 4.29. The van der Waals surface area contributed by atoms with Crippen LogP contribution in [0.5, 0.6) is 11.6 Å². The number of hydrogen-bond acceptors (Lipinski definition) is 7. The fourth-order valence-electron chi connectivity index (χ4n) is 2.80. The van der Waals surface area contributed by atoms with Crippen molar-refractivity contribution in [3.8, 4) is 40.3 Å². The van der Waals surface area contributed by atoms with Gasteiger partial charge in [0.1, 0.15) is 11.4 Å². The zero-order valence-electron chi connectivity index (χ0n) is 15.6. The van der Waals surface area contributed by atoms with Gasteiger partial charge in [-0.25, -0.2) is 4.68 Å². The fraction of sp³-hybridized carbons (Fsp3) is 0.0952. The van der Waals surface area contributed by atoms with Gasteiger partial charge in [0.15, 0.2) is 0 Å².